The first kappa shape index (κ1) is 17.1. The Bertz CT molecular complexity index is 836. The van der Waals surface area contributed by atoms with Crippen molar-refractivity contribution < 1.29 is 18.4 Å². The molecule has 4 nitrogen and oxygen atoms in total. The highest BCUT2D eigenvalue weighted by molar-refractivity contribution is 6.05. The van der Waals surface area contributed by atoms with Crippen molar-refractivity contribution in [2.75, 3.05) is 16.8 Å². The number of carbonyl (C=O) groups excluding carboxylic acids is 2. The van der Waals surface area contributed by atoms with Gasteiger partial charge < -0.3 is 10.2 Å². The molecule has 2 aromatic rings. The van der Waals surface area contributed by atoms with Crippen molar-refractivity contribution in [1.29, 1.82) is 0 Å². The molecule has 0 unspecified atom stereocenters. The third-order valence-corrected chi connectivity index (χ3v) is 4.26. The fraction of sp³-hybridized carbons (Fsp3) is 0.263. The second-order valence-corrected chi connectivity index (χ2v) is 6.09. The Kier molecular flexibility index (Phi) is 4.79. The predicted molar refractivity (Wildman–Crippen MR) is 91.7 cm³/mol. The molecular formula is C19H18F2N2O2. The van der Waals surface area contributed by atoms with E-state index in [0.717, 1.165) is 36.2 Å². The Balaban J connectivity index is 1.83. The van der Waals surface area contributed by atoms with Crippen LogP contribution in [0.25, 0.3) is 0 Å². The summed E-state index contributed by atoms with van der Waals surface area (Å²) in [6, 6.07) is 8.25. The van der Waals surface area contributed by atoms with Crippen molar-refractivity contribution in [2.24, 2.45) is 0 Å². The largest absolute Gasteiger partial charge is 0.322 e. The monoisotopic (exact) mass is 344 g/mol. The Labute approximate surface area is 144 Å². The number of nitrogens with one attached hydrogen (secondary N) is 1. The second kappa shape index (κ2) is 7.01. The van der Waals surface area contributed by atoms with E-state index in [1.165, 1.54) is 6.07 Å². The van der Waals surface area contributed by atoms with Crippen LogP contribution in [-0.2, 0) is 4.79 Å². The number of benzene rings is 2. The SMILES string of the molecule is Cc1ccc(NC(=O)c2ccc(F)c(F)c2)cc1N1CCCCC1=O. The van der Waals surface area contributed by atoms with Gasteiger partial charge in [0.2, 0.25) is 5.91 Å². The minimum absolute atomic E-state index is 0.0232. The molecule has 0 saturated carbocycles. The van der Waals surface area contributed by atoms with Crippen LogP contribution in [0.3, 0.4) is 0 Å². The molecule has 1 aliphatic heterocycles. The van der Waals surface area contributed by atoms with Crippen LogP contribution in [0.4, 0.5) is 20.2 Å². The number of hydrogen-bond acceptors (Lipinski definition) is 2. The van der Waals surface area contributed by atoms with E-state index in [2.05, 4.69) is 5.32 Å². The summed E-state index contributed by atoms with van der Waals surface area (Å²) in [6.45, 7) is 2.55. The van der Waals surface area contributed by atoms with E-state index in [4.69, 9.17) is 0 Å². The van der Waals surface area contributed by atoms with Crippen LogP contribution < -0.4 is 10.2 Å². The van der Waals surface area contributed by atoms with E-state index in [1.807, 2.05) is 13.0 Å². The van der Waals surface area contributed by atoms with Crippen molar-refractivity contribution in [3.05, 3.63) is 59.2 Å². The van der Waals surface area contributed by atoms with E-state index in [-0.39, 0.29) is 11.5 Å². The third kappa shape index (κ3) is 3.68. The molecule has 0 atom stereocenters. The minimum Gasteiger partial charge on any atom is -0.322 e. The summed E-state index contributed by atoms with van der Waals surface area (Å²) in [7, 11) is 0. The number of rotatable bonds is 3. The van der Waals surface area contributed by atoms with E-state index < -0.39 is 17.5 Å². The van der Waals surface area contributed by atoms with Gasteiger partial charge in [-0.1, -0.05) is 6.07 Å². The standard InChI is InChI=1S/C19H18F2N2O2/c1-12-5-7-14(11-17(12)23-9-3-2-4-18(23)24)22-19(25)13-6-8-15(20)16(21)10-13/h5-8,10-11H,2-4,9H2,1H3,(H,22,25). The maximum Gasteiger partial charge on any atom is 0.255 e. The smallest absolute Gasteiger partial charge is 0.255 e. The summed E-state index contributed by atoms with van der Waals surface area (Å²) in [5, 5.41) is 2.66. The third-order valence-electron chi connectivity index (χ3n) is 4.26. The molecule has 130 valence electrons. The number of nitrogens with zero attached hydrogens (tertiary/aromatic N) is 1. The molecule has 0 aliphatic carbocycles. The fourth-order valence-electron chi connectivity index (χ4n) is 2.88. The number of halogens is 2. The van der Waals surface area contributed by atoms with Gasteiger partial charge >= 0.3 is 0 Å². The first-order valence-electron chi connectivity index (χ1n) is 8.13. The molecule has 2 aromatic carbocycles. The summed E-state index contributed by atoms with van der Waals surface area (Å²) < 4.78 is 26.3. The molecule has 1 aliphatic rings. The van der Waals surface area contributed by atoms with Gasteiger partial charge in [0.05, 0.1) is 0 Å². The van der Waals surface area contributed by atoms with Crippen molar-refractivity contribution in [2.45, 2.75) is 26.2 Å². The summed E-state index contributed by atoms with van der Waals surface area (Å²) in [5.74, 6) is -2.55. The van der Waals surface area contributed by atoms with Gasteiger partial charge in [-0.05, 0) is 55.7 Å². The van der Waals surface area contributed by atoms with Gasteiger partial charge in [-0.15, -0.1) is 0 Å². The summed E-state index contributed by atoms with van der Waals surface area (Å²) in [5.41, 5.74) is 2.21. The Morgan fingerprint density at radius 2 is 1.88 bits per heavy atom. The quantitative estimate of drug-likeness (QED) is 0.913. The number of amides is 2. The van der Waals surface area contributed by atoms with Gasteiger partial charge in [0.25, 0.3) is 5.91 Å². The molecule has 6 heteroatoms. The molecule has 3 rings (SSSR count). The van der Waals surface area contributed by atoms with Crippen molar-refractivity contribution in [3.63, 3.8) is 0 Å². The van der Waals surface area contributed by atoms with Crippen LogP contribution in [0.15, 0.2) is 36.4 Å². The second-order valence-electron chi connectivity index (χ2n) is 6.09. The molecule has 2 amide bonds. The van der Waals surface area contributed by atoms with Crippen LogP contribution in [0.2, 0.25) is 0 Å². The zero-order valence-corrected chi connectivity index (χ0v) is 13.8. The van der Waals surface area contributed by atoms with Crippen LogP contribution in [0.5, 0.6) is 0 Å². The number of hydrogen-bond donors (Lipinski definition) is 1. The molecule has 0 bridgehead atoms. The lowest BCUT2D eigenvalue weighted by Gasteiger charge is -2.28. The zero-order valence-electron chi connectivity index (χ0n) is 13.8. The lowest BCUT2D eigenvalue weighted by Crippen LogP contribution is -2.35. The molecule has 1 saturated heterocycles. The summed E-state index contributed by atoms with van der Waals surface area (Å²) >= 11 is 0. The predicted octanol–water partition coefficient (Wildman–Crippen LogP) is 4.04. The molecule has 0 aromatic heterocycles. The number of piperidine rings is 1. The fourth-order valence-corrected chi connectivity index (χ4v) is 2.88. The van der Waals surface area contributed by atoms with E-state index in [1.54, 1.807) is 17.0 Å². The molecule has 1 fully saturated rings. The van der Waals surface area contributed by atoms with Crippen molar-refractivity contribution in [1.82, 2.24) is 0 Å². The van der Waals surface area contributed by atoms with Crippen molar-refractivity contribution >= 4 is 23.2 Å². The topological polar surface area (TPSA) is 49.4 Å². The first-order valence-corrected chi connectivity index (χ1v) is 8.13. The number of carbonyl (C=O) groups is 2. The maximum absolute atomic E-state index is 13.3. The van der Waals surface area contributed by atoms with Crippen LogP contribution in [0.1, 0.15) is 35.2 Å². The van der Waals surface area contributed by atoms with Crippen LogP contribution >= 0.6 is 0 Å². The zero-order chi connectivity index (χ0) is 18.0. The van der Waals surface area contributed by atoms with Crippen molar-refractivity contribution in [3.8, 4) is 0 Å². The van der Waals surface area contributed by atoms with Gasteiger partial charge in [-0.2, -0.15) is 0 Å². The number of aryl methyl sites for hydroxylation is 1. The molecule has 25 heavy (non-hydrogen) atoms. The van der Waals surface area contributed by atoms with E-state index in [0.29, 0.717) is 18.7 Å². The average molecular weight is 344 g/mol. The van der Waals surface area contributed by atoms with Gasteiger partial charge in [0.15, 0.2) is 11.6 Å². The molecule has 1 N–H and O–H groups in total. The van der Waals surface area contributed by atoms with E-state index in [9.17, 15) is 18.4 Å². The Morgan fingerprint density at radius 3 is 2.60 bits per heavy atom. The molecule has 0 spiro atoms. The van der Waals surface area contributed by atoms with Gasteiger partial charge in [0, 0.05) is 29.9 Å². The van der Waals surface area contributed by atoms with E-state index >= 15 is 0 Å². The van der Waals surface area contributed by atoms with Crippen LogP contribution in [-0.4, -0.2) is 18.4 Å². The Morgan fingerprint density at radius 1 is 1.08 bits per heavy atom. The van der Waals surface area contributed by atoms with Crippen LogP contribution in [0, 0.1) is 18.6 Å². The number of anilines is 2. The molecular weight excluding hydrogens is 326 g/mol. The summed E-state index contributed by atoms with van der Waals surface area (Å²) in [6.07, 6.45) is 2.35. The summed E-state index contributed by atoms with van der Waals surface area (Å²) in [4.78, 5) is 26.1. The maximum atomic E-state index is 13.3. The van der Waals surface area contributed by atoms with Gasteiger partial charge in [-0.3, -0.25) is 9.59 Å². The minimum atomic E-state index is -1.07. The molecule has 1 heterocycles. The normalized spacial score (nSPS) is 14.5. The lowest BCUT2D eigenvalue weighted by atomic mass is 10.1. The Hall–Kier alpha value is -2.76. The highest BCUT2D eigenvalue weighted by atomic mass is 19.2. The molecule has 0 radical (unpaired) electrons. The first-order chi connectivity index (χ1) is 12.0. The average Bonchev–Trinajstić information content (AvgIpc) is 2.59. The highest BCUT2D eigenvalue weighted by Crippen LogP contribution is 2.28. The van der Waals surface area contributed by atoms with Gasteiger partial charge in [0.1, 0.15) is 0 Å². The lowest BCUT2D eigenvalue weighted by molar-refractivity contribution is -0.119. The van der Waals surface area contributed by atoms with Gasteiger partial charge in [-0.25, -0.2) is 8.78 Å². The highest BCUT2D eigenvalue weighted by Gasteiger charge is 2.21.